The van der Waals surface area contributed by atoms with Gasteiger partial charge in [-0.25, -0.2) is 0 Å². The van der Waals surface area contributed by atoms with Crippen molar-refractivity contribution in [2.45, 2.75) is 18.4 Å². The summed E-state index contributed by atoms with van der Waals surface area (Å²) in [4.78, 5) is 2.17. The third-order valence-corrected chi connectivity index (χ3v) is 3.29. The van der Waals surface area contributed by atoms with Crippen LogP contribution in [0.4, 0.5) is 0 Å². The molecule has 1 aromatic carbocycles. The molecule has 1 fully saturated rings. The zero-order chi connectivity index (χ0) is 11.6. The number of benzene rings is 1. The number of hydrogen-bond acceptors (Lipinski definition) is 3. The van der Waals surface area contributed by atoms with Gasteiger partial charge in [0.15, 0.2) is 0 Å². The van der Waals surface area contributed by atoms with Crippen molar-refractivity contribution in [3.05, 3.63) is 29.8 Å². The van der Waals surface area contributed by atoms with Crippen LogP contribution < -0.4 is 4.74 Å². The fourth-order valence-corrected chi connectivity index (χ4v) is 2.38. The van der Waals surface area contributed by atoms with E-state index in [-0.39, 0.29) is 0 Å². The van der Waals surface area contributed by atoms with Gasteiger partial charge in [-0.05, 0) is 44.1 Å². The summed E-state index contributed by atoms with van der Waals surface area (Å²) in [6.45, 7) is 1.78. The van der Waals surface area contributed by atoms with Crippen molar-refractivity contribution in [2.24, 2.45) is 0 Å². The number of hydrogen-bond donors (Lipinski definition) is 1. The second kappa shape index (κ2) is 4.44. The Labute approximate surface area is 96.6 Å². The first-order valence-electron chi connectivity index (χ1n) is 5.69. The Balaban J connectivity index is 2.20. The largest absolute Gasteiger partial charge is 0.497 e. The molecule has 1 saturated heterocycles. The molecule has 0 aromatic heterocycles. The van der Waals surface area contributed by atoms with Gasteiger partial charge in [-0.1, -0.05) is 12.1 Å². The third kappa shape index (κ3) is 2.20. The Bertz CT molecular complexity index is 349. The minimum atomic E-state index is -0.695. The van der Waals surface area contributed by atoms with Crippen LogP contribution in [0.2, 0.25) is 0 Å². The van der Waals surface area contributed by atoms with Crippen LogP contribution in [0.15, 0.2) is 24.3 Å². The van der Waals surface area contributed by atoms with Crippen LogP contribution in [-0.4, -0.2) is 37.3 Å². The molecular weight excluding hydrogens is 202 g/mol. The van der Waals surface area contributed by atoms with Crippen molar-refractivity contribution >= 4 is 0 Å². The first-order valence-corrected chi connectivity index (χ1v) is 5.69. The predicted octanol–water partition coefficient (Wildman–Crippen LogP) is 1.61. The maximum Gasteiger partial charge on any atom is 0.118 e. The number of methoxy groups -OCH3 is 1. The normalized spacial score (nSPS) is 26.7. The number of aliphatic hydroxyl groups is 1. The fourth-order valence-electron chi connectivity index (χ4n) is 2.38. The Morgan fingerprint density at radius 2 is 2.00 bits per heavy atom. The quantitative estimate of drug-likeness (QED) is 0.823. The van der Waals surface area contributed by atoms with E-state index in [1.807, 2.05) is 31.3 Å². The van der Waals surface area contributed by atoms with E-state index in [9.17, 15) is 5.11 Å². The van der Waals surface area contributed by atoms with Crippen LogP contribution in [-0.2, 0) is 5.60 Å². The lowest BCUT2D eigenvalue weighted by atomic mass is 9.86. The number of ether oxygens (including phenoxy) is 1. The minimum Gasteiger partial charge on any atom is -0.497 e. The molecule has 0 bridgehead atoms. The molecule has 0 aliphatic carbocycles. The van der Waals surface area contributed by atoms with Gasteiger partial charge in [-0.2, -0.15) is 0 Å². The van der Waals surface area contributed by atoms with E-state index in [0.29, 0.717) is 6.54 Å². The van der Waals surface area contributed by atoms with E-state index in [0.717, 1.165) is 30.7 Å². The van der Waals surface area contributed by atoms with Crippen molar-refractivity contribution in [1.29, 1.82) is 0 Å². The van der Waals surface area contributed by atoms with E-state index >= 15 is 0 Å². The van der Waals surface area contributed by atoms with E-state index in [2.05, 4.69) is 4.90 Å². The maximum atomic E-state index is 10.6. The summed E-state index contributed by atoms with van der Waals surface area (Å²) in [6.07, 6.45) is 1.88. The SMILES string of the molecule is COc1ccc(C2(O)CCCN(C)C2)cc1. The van der Waals surface area contributed by atoms with Gasteiger partial charge in [0, 0.05) is 6.54 Å². The monoisotopic (exact) mass is 221 g/mol. The van der Waals surface area contributed by atoms with E-state index in [1.165, 1.54) is 0 Å². The third-order valence-electron chi connectivity index (χ3n) is 3.29. The Morgan fingerprint density at radius 3 is 2.56 bits per heavy atom. The number of nitrogens with zero attached hydrogens (tertiary/aromatic N) is 1. The number of rotatable bonds is 2. The van der Waals surface area contributed by atoms with Gasteiger partial charge in [0.25, 0.3) is 0 Å². The predicted molar refractivity (Wildman–Crippen MR) is 63.6 cm³/mol. The second-order valence-corrected chi connectivity index (χ2v) is 4.60. The smallest absolute Gasteiger partial charge is 0.118 e. The van der Waals surface area contributed by atoms with Crippen molar-refractivity contribution in [3.8, 4) is 5.75 Å². The Kier molecular flexibility index (Phi) is 3.17. The van der Waals surface area contributed by atoms with Crippen LogP contribution in [0.3, 0.4) is 0 Å². The van der Waals surface area contributed by atoms with Crippen molar-refractivity contribution in [1.82, 2.24) is 4.90 Å². The summed E-state index contributed by atoms with van der Waals surface area (Å²) in [5.74, 6) is 0.830. The summed E-state index contributed by atoms with van der Waals surface area (Å²) >= 11 is 0. The molecule has 0 spiro atoms. The Morgan fingerprint density at radius 1 is 1.31 bits per heavy atom. The molecule has 0 saturated carbocycles. The van der Waals surface area contributed by atoms with Crippen LogP contribution in [0.1, 0.15) is 18.4 Å². The zero-order valence-electron chi connectivity index (χ0n) is 9.94. The lowest BCUT2D eigenvalue weighted by Gasteiger charge is -2.37. The number of likely N-dealkylation sites (tertiary alicyclic amines) is 1. The van der Waals surface area contributed by atoms with E-state index < -0.39 is 5.60 Å². The van der Waals surface area contributed by atoms with Gasteiger partial charge in [0.05, 0.1) is 7.11 Å². The molecule has 1 aliphatic rings. The molecule has 0 amide bonds. The molecule has 1 atom stereocenters. The van der Waals surface area contributed by atoms with Gasteiger partial charge in [-0.15, -0.1) is 0 Å². The Hall–Kier alpha value is -1.06. The van der Waals surface area contributed by atoms with Crippen molar-refractivity contribution in [2.75, 3.05) is 27.2 Å². The highest BCUT2D eigenvalue weighted by Crippen LogP contribution is 2.31. The van der Waals surface area contributed by atoms with Gasteiger partial charge >= 0.3 is 0 Å². The molecule has 88 valence electrons. The molecular formula is C13H19NO2. The van der Waals surface area contributed by atoms with Crippen LogP contribution in [0.25, 0.3) is 0 Å². The zero-order valence-corrected chi connectivity index (χ0v) is 9.94. The van der Waals surface area contributed by atoms with Gasteiger partial charge in [-0.3, -0.25) is 0 Å². The average Bonchev–Trinajstić information content (AvgIpc) is 2.29. The highest BCUT2D eigenvalue weighted by Gasteiger charge is 2.33. The summed E-state index contributed by atoms with van der Waals surface area (Å²) in [7, 11) is 3.70. The molecule has 0 radical (unpaired) electrons. The maximum absolute atomic E-state index is 10.6. The topological polar surface area (TPSA) is 32.7 Å². The van der Waals surface area contributed by atoms with Crippen molar-refractivity contribution < 1.29 is 9.84 Å². The lowest BCUT2D eigenvalue weighted by molar-refractivity contribution is -0.0278. The lowest BCUT2D eigenvalue weighted by Crippen LogP contribution is -2.44. The molecule has 1 unspecified atom stereocenters. The molecule has 1 heterocycles. The van der Waals surface area contributed by atoms with Crippen LogP contribution in [0, 0.1) is 0 Å². The summed E-state index contributed by atoms with van der Waals surface area (Å²) in [5, 5.41) is 10.6. The summed E-state index contributed by atoms with van der Waals surface area (Å²) < 4.78 is 5.12. The minimum absolute atomic E-state index is 0.695. The average molecular weight is 221 g/mol. The van der Waals surface area contributed by atoms with Gasteiger partial charge in [0.1, 0.15) is 11.4 Å². The standard InChI is InChI=1S/C13H19NO2/c1-14-9-3-8-13(15,10-14)11-4-6-12(16-2)7-5-11/h4-7,15H,3,8-10H2,1-2H3. The molecule has 16 heavy (non-hydrogen) atoms. The molecule has 3 nitrogen and oxygen atoms in total. The number of likely N-dealkylation sites (N-methyl/N-ethyl adjacent to an activating group) is 1. The summed E-state index contributed by atoms with van der Waals surface area (Å²) in [6, 6.07) is 7.72. The number of β-amino-alcohol motifs (C(OH)–C–C–N with tert-alkyl or cyclic N) is 1. The molecule has 2 rings (SSSR count). The molecule has 1 aliphatic heterocycles. The summed E-state index contributed by atoms with van der Waals surface area (Å²) in [5.41, 5.74) is 0.291. The second-order valence-electron chi connectivity index (χ2n) is 4.60. The van der Waals surface area contributed by atoms with E-state index in [1.54, 1.807) is 7.11 Å². The van der Waals surface area contributed by atoms with E-state index in [4.69, 9.17) is 4.74 Å². The first kappa shape index (κ1) is 11.4. The van der Waals surface area contributed by atoms with Gasteiger partial charge < -0.3 is 14.7 Å². The molecule has 1 aromatic rings. The highest BCUT2D eigenvalue weighted by molar-refractivity contribution is 5.31. The molecule has 1 N–H and O–H groups in total. The number of piperidine rings is 1. The van der Waals surface area contributed by atoms with Gasteiger partial charge in [0.2, 0.25) is 0 Å². The highest BCUT2D eigenvalue weighted by atomic mass is 16.5. The van der Waals surface area contributed by atoms with Crippen LogP contribution >= 0.6 is 0 Å². The molecule has 3 heteroatoms. The van der Waals surface area contributed by atoms with Crippen molar-refractivity contribution in [3.63, 3.8) is 0 Å². The first-order chi connectivity index (χ1) is 7.64. The fraction of sp³-hybridized carbons (Fsp3) is 0.538. The van der Waals surface area contributed by atoms with Crippen LogP contribution in [0.5, 0.6) is 5.75 Å².